The van der Waals surface area contributed by atoms with Gasteiger partial charge in [0.2, 0.25) is 6.41 Å². The summed E-state index contributed by atoms with van der Waals surface area (Å²) >= 11 is 0. The van der Waals surface area contributed by atoms with E-state index in [-0.39, 0.29) is 17.1 Å². The second-order valence-electron chi connectivity index (χ2n) is 1.07. The zero-order valence-electron chi connectivity index (χ0n) is 3.81. The zero-order chi connectivity index (χ0) is 4.28. The van der Waals surface area contributed by atoms with E-state index in [1.54, 1.807) is 14.1 Å². The van der Waals surface area contributed by atoms with Crippen LogP contribution in [0.2, 0.25) is 0 Å². The Labute approximate surface area is 48.0 Å². The van der Waals surface area contributed by atoms with Crippen LogP contribution in [0.15, 0.2) is 0 Å². The molecular formula is C3H7MnNO. The van der Waals surface area contributed by atoms with Gasteiger partial charge in [0.05, 0.1) is 0 Å². The van der Waals surface area contributed by atoms with Crippen molar-refractivity contribution in [3.05, 3.63) is 0 Å². The Hall–Kier alpha value is -0.0105. The molecule has 0 saturated heterocycles. The van der Waals surface area contributed by atoms with Gasteiger partial charge in [0.25, 0.3) is 0 Å². The van der Waals surface area contributed by atoms with Gasteiger partial charge < -0.3 is 4.90 Å². The van der Waals surface area contributed by atoms with Gasteiger partial charge >= 0.3 is 0 Å². The fraction of sp³-hybridized carbons (Fsp3) is 0.667. The second kappa shape index (κ2) is 4.99. The largest absolute Gasteiger partial charge is 0.351 e. The van der Waals surface area contributed by atoms with Crippen molar-refractivity contribution in [2.24, 2.45) is 0 Å². The fourth-order valence-electron chi connectivity index (χ4n) is 0. The van der Waals surface area contributed by atoms with Crippen molar-refractivity contribution in [3.63, 3.8) is 0 Å². The maximum absolute atomic E-state index is 9.43. The third-order valence-electron chi connectivity index (χ3n) is 0.211. The molecule has 0 atom stereocenters. The first kappa shape index (κ1) is 9.37. The second-order valence-corrected chi connectivity index (χ2v) is 1.07. The van der Waals surface area contributed by atoms with E-state index in [4.69, 9.17) is 0 Å². The minimum absolute atomic E-state index is 0. The first-order valence-electron chi connectivity index (χ1n) is 1.39. The molecule has 0 aliphatic carbocycles. The molecule has 0 spiro atoms. The summed E-state index contributed by atoms with van der Waals surface area (Å²) < 4.78 is 0. The minimum atomic E-state index is 0. The van der Waals surface area contributed by atoms with Crippen LogP contribution in [0.5, 0.6) is 0 Å². The molecule has 2 nitrogen and oxygen atoms in total. The van der Waals surface area contributed by atoms with Gasteiger partial charge in [-0.15, -0.1) is 0 Å². The molecule has 0 aromatic rings. The Morgan fingerprint density at radius 2 is 1.67 bits per heavy atom. The third-order valence-corrected chi connectivity index (χ3v) is 0.211. The summed E-state index contributed by atoms with van der Waals surface area (Å²) in [5, 5.41) is 0. The van der Waals surface area contributed by atoms with Gasteiger partial charge in [-0.1, -0.05) is 0 Å². The molecule has 0 heterocycles. The SMILES string of the molecule is CN(C)C=O.[Mn]. The van der Waals surface area contributed by atoms with Crippen LogP contribution >= 0.6 is 0 Å². The Morgan fingerprint density at radius 1 is 1.50 bits per heavy atom. The summed E-state index contributed by atoms with van der Waals surface area (Å²) in [7, 11) is 3.38. The molecule has 0 rings (SSSR count). The molecule has 1 radical (unpaired) electrons. The van der Waals surface area contributed by atoms with Crippen molar-refractivity contribution in [1.29, 1.82) is 0 Å². The van der Waals surface area contributed by atoms with E-state index in [1.165, 1.54) is 4.90 Å². The zero-order valence-corrected chi connectivity index (χ0v) is 4.99. The number of carbonyl (C=O) groups excluding carboxylic acids is 1. The van der Waals surface area contributed by atoms with E-state index in [2.05, 4.69) is 0 Å². The molecule has 0 aromatic heterocycles. The Bertz CT molecular complexity index is 37.8. The van der Waals surface area contributed by atoms with Crippen LogP contribution in [-0.2, 0) is 21.9 Å². The summed E-state index contributed by atoms with van der Waals surface area (Å²) in [6, 6.07) is 0. The van der Waals surface area contributed by atoms with Crippen molar-refractivity contribution < 1.29 is 21.9 Å². The molecule has 0 saturated carbocycles. The van der Waals surface area contributed by atoms with E-state index in [0.717, 1.165) is 6.41 Å². The number of nitrogens with zero attached hydrogens (tertiary/aromatic N) is 1. The van der Waals surface area contributed by atoms with Crippen molar-refractivity contribution in [2.45, 2.75) is 0 Å². The first-order valence-corrected chi connectivity index (χ1v) is 1.39. The standard InChI is InChI=1S/C3H7NO.Mn/c1-4(2)3-5;/h3H,1-2H3;. The summed E-state index contributed by atoms with van der Waals surface area (Å²) in [4.78, 5) is 10.9. The van der Waals surface area contributed by atoms with Gasteiger partial charge in [0, 0.05) is 31.2 Å². The molecule has 0 aliphatic heterocycles. The minimum Gasteiger partial charge on any atom is -0.351 e. The quantitative estimate of drug-likeness (QED) is 0.350. The van der Waals surface area contributed by atoms with Gasteiger partial charge in [-0.3, -0.25) is 4.79 Å². The molecule has 0 fully saturated rings. The summed E-state index contributed by atoms with van der Waals surface area (Å²) in [5.41, 5.74) is 0. The Kier molecular flexibility index (Phi) is 7.79. The summed E-state index contributed by atoms with van der Waals surface area (Å²) in [5.74, 6) is 0. The summed E-state index contributed by atoms with van der Waals surface area (Å²) in [6.45, 7) is 0. The van der Waals surface area contributed by atoms with Crippen LogP contribution in [0.3, 0.4) is 0 Å². The predicted octanol–water partition coefficient (Wildman–Crippen LogP) is -0.298. The van der Waals surface area contributed by atoms with E-state index >= 15 is 0 Å². The van der Waals surface area contributed by atoms with Crippen LogP contribution in [0.1, 0.15) is 0 Å². The van der Waals surface area contributed by atoms with Crippen LogP contribution in [0.4, 0.5) is 0 Å². The summed E-state index contributed by atoms with van der Waals surface area (Å²) in [6.07, 6.45) is 0.750. The topological polar surface area (TPSA) is 20.3 Å². The van der Waals surface area contributed by atoms with E-state index in [0.29, 0.717) is 0 Å². The van der Waals surface area contributed by atoms with E-state index in [1.807, 2.05) is 0 Å². The van der Waals surface area contributed by atoms with Gasteiger partial charge in [-0.25, -0.2) is 0 Å². The monoisotopic (exact) mass is 128 g/mol. The molecule has 3 heteroatoms. The number of hydrogen-bond acceptors (Lipinski definition) is 1. The molecule has 0 aromatic carbocycles. The van der Waals surface area contributed by atoms with Gasteiger partial charge in [-0.05, 0) is 0 Å². The van der Waals surface area contributed by atoms with Gasteiger partial charge in [0.15, 0.2) is 0 Å². The Balaban J connectivity index is 0. The molecule has 0 N–H and O–H groups in total. The molecule has 0 unspecified atom stereocenters. The average Bonchev–Trinajstić information content (AvgIpc) is 1.38. The molecule has 0 bridgehead atoms. The van der Waals surface area contributed by atoms with Gasteiger partial charge in [0.1, 0.15) is 0 Å². The van der Waals surface area contributed by atoms with Crippen molar-refractivity contribution in [3.8, 4) is 0 Å². The van der Waals surface area contributed by atoms with Gasteiger partial charge in [-0.2, -0.15) is 0 Å². The number of carbonyl (C=O) groups is 1. The average molecular weight is 128 g/mol. The molecule has 1 amide bonds. The maximum Gasteiger partial charge on any atom is 0.209 e. The van der Waals surface area contributed by atoms with Crippen LogP contribution in [0.25, 0.3) is 0 Å². The molecular weight excluding hydrogens is 121 g/mol. The number of hydrogen-bond donors (Lipinski definition) is 0. The van der Waals surface area contributed by atoms with Crippen LogP contribution in [0, 0.1) is 0 Å². The Morgan fingerprint density at radius 3 is 1.67 bits per heavy atom. The first-order chi connectivity index (χ1) is 2.27. The normalized spacial score (nSPS) is 5.67. The van der Waals surface area contributed by atoms with Crippen molar-refractivity contribution >= 4 is 6.41 Å². The smallest absolute Gasteiger partial charge is 0.209 e. The predicted molar refractivity (Wildman–Crippen MR) is 19.8 cm³/mol. The molecule has 0 aliphatic rings. The third kappa shape index (κ3) is 9.01. The maximum atomic E-state index is 9.43. The number of rotatable bonds is 1. The van der Waals surface area contributed by atoms with Crippen molar-refractivity contribution in [2.75, 3.05) is 14.1 Å². The van der Waals surface area contributed by atoms with Crippen LogP contribution < -0.4 is 0 Å². The van der Waals surface area contributed by atoms with E-state index in [9.17, 15) is 4.79 Å². The van der Waals surface area contributed by atoms with Crippen molar-refractivity contribution in [1.82, 2.24) is 4.90 Å². The molecule has 6 heavy (non-hydrogen) atoms. The number of amides is 1. The molecule has 37 valence electrons. The van der Waals surface area contributed by atoms with Crippen LogP contribution in [-0.4, -0.2) is 25.4 Å². The van der Waals surface area contributed by atoms with E-state index < -0.39 is 0 Å². The fourth-order valence-corrected chi connectivity index (χ4v) is 0.